The number of allylic oxidation sites excluding steroid dienone is 2. The number of unbranched alkanes of at least 4 members (excludes halogenated alkanes) is 1. The smallest absolute Gasteiger partial charge is 0.469 e. The second-order valence-corrected chi connectivity index (χ2v) is 6.24. The number of hydrogen-bond donors (Lipinski definition) is 0. The molecule has 0 N–H and O–H groups in total. The molecule has 0 aliphatic carbocycles. The quantitative estimate of drug-likeness (QED) is 0.426. The number of rotatable bonds is 6. The van der Waals surface area contributed by atoms with Crippen LogP contribution in [0.15, 0.2) is 11.5 Å². The highest BCUT2D eigenvalue weighted by molar-refractivity contribution is 6.54. The first-order chi connectivity index (χ1) is 9.23. The molecule has 0 aromatic heterocycles. The van der Waals surface area contributed by atoms with E-state index in [1.807, 2.05) is 6.92 Å². The fourth-order valence-corrected chi connectivity index (χ4v) is 2.09. The molecule has 0 aromatic carbocycles. The Kier molecular flexibility index (Phi) is 5.84. The molecule has 0 atom stereocenters. The third-order valence-electron chi connectivity index (χ3n) is 4.25. The zero-order chi connectivity index (χ0) is 15.4. The average molecular weight is 282 g/mol. The van der Waals surface area contributed by atoms with Crippen LogP contribution in [0.4, 0.5) is 0 Å². The van der Waals surface area contributed by atoms with Gasteiger partial charge in [-0.05, 0) is 59.4 Å². The minimum atomic E-state index is -0.308. The molecule has 1 saturated heterocycles. The fraction of sp³-hybridized carbons (Fsp3) is 0.800. The lowest BCUT2D eigenvalue weighted by atomic mass is 9.75. The minimum absolute atomic E-state index is 0.150. The van der Waals surface area contributed by atoms with Crippen molar-refractivity contribution >= 4 is 13.1 Å². The van der Waals surface area contributed by atoms with E-state index >= 15 is 0 Å². The van der Waals surface area contributed by atoms with E-state index in [1.165, 1.54) is 7.11 Å². The second kappa shape index (κ2) is 6.77. The zero-order valence-electron chi connectivity index (χ0n) is 13.6. The molecule has 0 saturated carbocycles. The van der Waals surface area contributed by atoms with E-state index in [2.05, 4.69) is 38.5 Å². The number of methoxy groups -OCH3 is 1. The largest absolute Gasteiger partial charge is 0.490 e. The lowest BCUT2D eigenvalue weighted by Crippen LogP contribution is -2.41. The maximum absolute atomic E-state index is 11.1. The van der Waals surface area contributed by atoms with Gasteiger partial charge in [-0.1, -0.05) is 6.08 Å². The fourth-order valence-electron chi connectivity index (χ4n) is 2.09. The van der Waals surface area contributed by atoms with Crippen LogP contribution in [0.1, 0.15) is 60.3 Å². The molecule has 0 amide bonds. The highest BCUT2D eigenvalue weighted by Crippen LogP contribution is 2.39. The van der Waals surface area contributed by atoms with Crippen LogP contribution in [0.2, 0.25) is 0 Å². The Hall–Kier alpha value is -0.805. The van der Waals surface area contributed by atoms with Crippen molar-refractivity contribution in [2.24, 2.45) is 0 Å². The summed E-state index contributed by atoms with van der Waals surface area (Å²) in [5.41, 5.74) is 0.532. The van der Waals surface area contributed by atoms with E-state index in [0.717, 1.165) is 24.7 Å². The first-order valence-electron chi connectivity index (χ1n) is 7.31. The van der Waals surface area contributed by atoms with E-state index in [9.17, 15) is 4.79 Å². The summed E-state index contributed by atoms with van der Waals surface area (Å²) < 4.78 is 16.7. The Balaban J connectivity index is 2.47. The van der Waals surface area contributed by atoms with Gasteiger partial charge in [0, 0.05) is 6.42 Å². The minimum Gasteiger partial charge on any atom is -0.469 e. The first-order valence-corrected chi connectivity index (χ1v) is 7.31. The van der Waals surface area contributed by atoms with Crippen LogP contribution < -0.4 is 0 Å². The van der Waals surface area contributed by atoms with Crippen LogP contribution in [0.5, 0.6) is 0 Å². The molecule has 1 aliphatic heterocycles. The predicted molar refractivity (Wildman–Crippen MR) is 80.3 cm³/mol. The summed E-state index contributed by atoms with van der Waals surface area (Å²) in [5.74, 6) is -0.150. The molecular weight excluding hydrogens is 255 g/mol. The zero-order valence-corrected chi connectivity index (χ0v) is 13.6. The maximum atomic E-state index is 11.1. The molecule has 0 aromatic rings. The van der Waals surface area contributed by atoms with Gasteiger partial charge in [0.15, 0.2) is 0 Å². The molecule has 1 heterocycles. The molecule has 0 bridgehead atoms. The lowest BCUT2D eigenvalue weighted by Gasteiger charge is -2.32. The summed E-state index contributed by atoms with van der Waals surface area (Å²) >= 11 is 0. The van der Waals surface area contributed by atoms with Crippen molar-refractivity contribution in [2.45, 2.75) is 71.5 Å². The van der Waals surface area contributed by atoms with Crippen LogP contribution in [-0.2, 0) is 18.8 Å². The van der Waals surface area contributed by atoms with Gasteiger partial charge in [-0.25, -0.2) is 0 Å². The van der Waals surface area contributed by atoms with Gasteiger partial charge in [0.05, 0.1) is 18.3 Å². The van der Waals surface area contributed by atoms with Gasteiger partial charge in [0.2, 0.25) is 0 Å². The standard InChI is InChI=1S/C15H27BO4/c1-7-12(10-8-9-11-13(17)18-6)16-19-14(2,3)15(4,5)20-16/h7H,8-11H2,1-6H3/b12-7+. The third kappa shape index (κ3) is 4.09. The predicted octanol–water partition coefficient (Wildman–Crippen LogP) is 3.30. The molecular formula is C15H27BO4. The molecule has 20 heavy (non-hydrogen) atoms. The second-order valence-electron chi connectivity index (χ2n) is 6.24. The Morgan fingerprint density at radius 3 is 2.05 bits per heavy atom. The Bertz CT molecular complexity index is 358. The average Bonchev–Trinajstić information content (AvgIpc) is 2.58. The van der Waals surface area contributed by atoms with Crippen molar-refractivity contribution in [2.75, 3.05) is 7.11 Å². The normalized spacial score (nSPS) is 21.1. The topological polar surface area (TPSA) is 44.8 Å². The Morgan fingerprint density at radius 1 is 1.10 bits per heavy atom. The monoisotopic (exact) mass is 282 g/mol. The van der Waals surface area contributed by atoms with Crippen molar-refractivity contribution in [3.05, 3.63) is 11.5 Å². The molecule has 0 spiro atoms. The van der Waals surface area contributed by atoms with E-state index < -0.39 is 0 Å². The van der Waals surface area contributed by atoms with E-state index in [4.69, 9.17) is 9.31 Å². The number of hydrogen-bond acceptors (Lipinski definition) is 4. The van der Waals surface area contributed by atoms with Crippen LogP contribution >= 0.6 is 0 Å². The van der Waals surface area contributed by atoms with Gasteiger partial charge in [0.1, 0.15) is 0 Å². The van der Waals surface area contributed by atoms with Crippen LogP contribution in [-0.4, -0.2) is 31.4 Å². The summed E-state index contributed by atoms with van der Waals surface area (Å²) in [6.45, 7) is 10.2. The van der Waals surface area contributed by atoms with Gasteiger partial charge < -0.3 is 14.0 Å². The molecule has 1 aliphatic rings. The molecule has 1 fully saturated rings. The van der Waals surface area contributed by atoms with Crippen molar-refractivity contribution in [1.82, 2.24) is 0 Å². The molecule has 4 nitrogen and oxygen atoms in total. The lowest BCUT2D eigenvalue weighted by molar-refractivity contribution is -0.140. The van der Waals surface area contributed by atoms with Gasteiger partial charge >= 0.3 is 13.1 Å². The van der Waals surface area contributed by atoms with Crippen molar-refractivity contribution in [3.63, 3.8) is 0 Å². The Labute approximate surface area is 123 Å². The van der Waals surface area contributed by atoms with Crippen molar-refractivity contribution in [3.8, 4) is 0 Å². The molecule has 0 unspecified atom stereocenters. The highest BCUT2D eigenvalue weighted by atomic mass is 16.7. The summed E-state index contributed by atoms with van der Waals surface area (Å²) in [4.78, 5) is 11.1. The maximum Gasteiger partial charge on any atom is 0.490 e. The summed E-state index contributed by atoms with van der Waals surface area (Å²) in [6, 6.07) is 0. The summed E-state index contributed by atoms with van der Waals surface area (Å²) in [7, 11) is 1.15. The number of carbonyl (C=O) groups is 1. The van der Waals surface area contributed by atoms with E-state index in [1.54, 1.807) is 0 Å². The first kappa shape index (κ1) is 17.2. The van der Waals surface area contributed by atoms with E-state index in [-0.39, 0.29) is 24.3 Å². The summed E-state index contributed by atoms with van der Waals surface area (Å²) in [5, 5.41) is 0. The molecule has 1 rings (SSSR count). The van der Waals surface area contributed by atoms with Gasteiger partial charge in [0.25, 0.3) is 0 Å². The van der Waals surface area contributed by atoms with Gasteiger partial charge in [-0.3, -0.25) is 4.79 Å². The van der Waals surface area contributed by atoms with Crippen LogP contribution in [0.25, 0.3) is 0 Å². The number of esters is 1. The Morgan fingerprint density at radius 2 is 1.60 bits per heavy atom. The van der Waals surface area contributed by atoms with Gasteiger partial charge in [-0.15, -0.1) is 0 Å². The molecule has 114 valence electrons. The van der Waals surface area contributed by atoms with Crippen LogP contribution in [0, 0.1) is 0 Å². The number of carbonyl (C=O) groups excluding carboxylic acids is 1. The molecule has 5 heteroatoms. The van der Waals surface area contributed by atoms with E-state index in [0.29, 0.717) is 6.42 Å². The van der Waals surface area contributed by atoms with Crippen molar-refractivity contribution < 1.29 is 18.8 Å². The third-order valence-corrected chi connectivity index (χ3v) is 4.25. The highest BCUT2D eigenvalue weighted by Gasteiger charge is 2.51. The number of ether oxygens (including phenoxy) is 1. The van der Waals surface area contributed by atoms with Crippen molar-refractivity contribution in [1.29, 1.82) is 0 Å². The van der Waals surface area contributed by atoms with Gasteiger partial charge in [-0.2, -0.15) is 0 Å². The SMILES string of the molecule is C/C=C(\CCCCC(=O)OC)B1OC(C)(C)C(C)(C)O1. The molecule has 0 radical (unpaired) electrons. The summed E-state index contributed by atoms with van der Waals surface area (Å²) in [6.07, 6.45) is 5.16. The van der Waals surface area contributed by atoms with Crippen LogP contribution in [0.3, 0.4) is 0 Å².